The number of carboxylic acids is 1. The first-order valence-electron chi connectivity index (χ1n) is 11.3. The lowest BCUT2D eigenvalue weighted by Gasteiger charge is -2.41. The van der Waals surface area contributed by atoms with Crippen molar-refractivity contribution in [2.45, 2.75) is 51.0 Å². The lowest BCUT2D eigenvalue weighted by Crippen LogP contribution is -2.57. The zero-order chi connectivity index (χ0) is 23.6. The third-order valence-corrected chi connectivity index (χ3v) is 6.89. The van der Waals surface area contributed by atoms with E-state index < -0.39 is 17.6 Å². The van der Waals surface area contributed by atoms with Crippen LogP contribution in [-0.2, 0) is 14.3 Å². The fraction of sp³-hybridized carbons (Fsp3) is 0.423. The van der Waals surface area contributed by atoms with Gasteiger partial charge in [0.15, 0.2) is 0 Å². The van der Waals surface area contributed by atoms with Crippen molar-refractivity contribution in [3.63, 3.8) is 0 Å². The van der Waals surface area contributed by atoms with E-state index in [1.165, 1.54) is 0 Å². The van der Waals surface area contributed by atoms with Crippen molar-refractivity contribution in [3.8, 4) is 11.1 Å². The second-order valence-electron chi connectivity index (χ2n) is 9.68. The molecular weight excluding hydrogens is 420 g/mol. The molecule has 0 saturated heterocycles. The number of rotatable bonds is 8. The monoisotopic (exact) mass is 450 g/mol. The predicted molar refractivity (Wildman–Crippen MR) is 124 cm³/mol. The standard InChI is InChI=1S/C26H30N2O5/c1-25(2,23(31)27-16-26(12-7-13-26)14-22(29)30)28-24(32)33-15-21-19-10-5-3-8-17(19)18-9-4-6-11-20(18)21/h3-6,8-11,21H,7,12-16H2,1-2H3,(H,27,31)(H,28,32)(H,29,30). The summed E-state index contributed by atoms with van der Waals surface area (Å²) in [6.07, 6.45) is 1.89. The summed E-state index contributed by atoms with van der Waals surface area (Å²) in [6, 6.07) is 16.2. The van der Waals surface area contributed by atoms with E-state index in [1.807, 2.05) is 36.4 Å². The third-order valence-electron chi connectivity index (χ3n) is 6.89. The van der Waals surface area contributed by atoms with Crippen LogP contribution in [0, 0.1) is 5.41 Å². The highest BCUT2D eigenvalue weighted by molar-refractivity contribution is 5.89. The molecule has 0 atom stereocenters. The molecule has 174 valence electrons. The van der Waals surface area contributed by atoms with Gasteiger partial charge < -0.3 is 20.5 Å². The van der Waals surface area contributed by atoms with Gasteiger partial charge in [-0.2, -0.15) is 0 Å². The summed E-state index contributed by atoms with van der Waals surface area (Å²) >= 11 is 0. The minimum atomic E-state index is -1.20. The Hall–Kier alpha value is -3.35. The van der Waals surface area contributed by atoms with E-state index in [2.05, 4.69) is 22.8 Å². The van der Waals surface area contributed by atoms with Crippen molar-refractivity contribution in [1.82, 2.24) is 10.6 Å². The van der Waals surface area contributed by atoms with Crippen LogP contribution in [0.25, 0.3) is 11.1 Å². The Kier molecular flexibility index (Phi) is 6.15. The first-order valence-corrected chi connectivity index (χ1v) is 11.3. The molecule has 3 N–H and O–H groups in total. The average molecular weight is 451 g/mol. The molecule has 2 aromatic carbocycles. The van der Waals surface area contributed by atoms with Crippen LogP contribution in [0.1, 0.15) is 56.6 Å². The molecule has 0 radical (unpaired) electrons. The van der Waals surface area contributed by atoms with Crippen molar-refractivity contribution in [1.29, 1.82) is 0 Å². The number of carbonyl (C=O) groups excluding carboxylic acids is 2. The molecule has 4 rings (SSSR count). The average Bonchev–Trinajstić information content (AvgIpc) is 3.07. The van der Waals surface area contributed by atoms with Gasteiger partial charge in [-0.25, -0.2) is 4.79 Å². The van der Waals surface area contributed by atoms with Crippen LogP contribution in [0.5, 0.6) is 0 Å². The highest BCUT2D eigenvalue weighted by atomic mass is 16.5. The molecule has 0 heterocycles. The minimum Gasteiger partial charge on any atom is -0.481 e. The first-order chi connectivity index (χ1) is 15.7. The molecule has 2 amide bonds. The first kappa shape index (κ1) is 22.8. The fourth-order valence-electron chi connectivity index (χ4n) is 4.85. The predicted octanol–water partition coefficient (Wildman–Crippen LogP) is 4.06. The Labute approximate surface area is 193 Å². The van der Waals surface area contributed by atoms with Crippen LogP contribution in [0.2, 0.25) is 0 Å². The molecule has 2 aromatic rings. The number of amides is 2. The van der Waals surface area contributed by atoms with E-state index >= 15 is 0 Å². The van der Waals surface area contributed by atoms with Gasteiger partial charge in [0.1, 0.15) is 12.1 Å². The zero-order valence-corrected chi connectivity index (χ0v) is 19.0. The van der Waals surface area contributed by atoms with Gasteiger partial charge in [0, 0.05) is 12.5 Å². The SMILES string of the molecule is CC(C)(NC(=O)OCC1c2ccccc2-c2ccccc21)C(=O)NCC1(CC(=O)O)CCC1. The van der Waals surface area contributed by atoms with Crippen LogP contribution in [0.3, 0.4) is 0 Å². The largest absolute Gasteiger partial charge is 0.481 e. The van der Waals surface area contributed by atoms with Gasteiger partial charge in [0.25, 0.3) is 0 Å². The Bertz CT molecular complexity index is 1030. The maximum Gasteiger partial charge on any atom is 0.408 e. The smallest absolute Gasteiger partial charge is 0.408 e. The summed E-state index contributed by atoms with van der Waals surface area (Å²) in [5, 5.41) is 14.6. The molecule has 0 aromatic heterocycles. The van der Waals surface area contributed by atoms with Gasteiger partial charge in [0.2, 0.25) is 5.91 Å². The number of carbonyl (C=O) groups is 3. The van der Waals surface area contributed by atoms with Gasteiger partial charge >= 0.3 is 12.1 Å². The summed E-state index contributed by atoms with van der Waals surface area (Å²) in [7, 11) is 0. The highest BCUT2D eigenvalue weighted by Gasteiger charge is 2.40. The summed E-state index contributed by atoms with van der Waals surface area (Å²) in [5.74, 6) is -1.29. The number of benzene rings is 2. The second-order valence-corrected chi connectivity index (χ2v) is 9.68. The summed E-state index contributed by atoms with van der Waals surface area (Å²) in [4.78, 5) is 36.4. The Morgan fingerprint density at radius 2 is 1.61 bits per heavy atom. The number of carboxylic acid groups (broad SMARTS) is 1. The van der Waals surface area contributed by atoms with Gasteiger partial charge in [0.05, 0.1) is 6.42 Å². The summed E-state index contributed by atoms with van der Waals surface area (Å²) in [6.45, 7) is 3.66. The van der Waals surface area contributed by atoms with E-state index in [9.17, 15) is 14.4 Å². The van der Waals surface area contributed by atoms with Gasteiger partial charge in [-0.15, -0.1) is 0 Å². The van der Waals surface area contributed by atoms with Crippen LogP contribution in [-0.4, -0.2) is 41.8 Å². The lowest BCUT2D eigenvalue weighted by molar-refractivity contribution is -0.142. The van der Waals surface area contributed by atoms with Gasteiger partial charge in [-0.3, -0.25) is 9.59 Å². The molecule has 1 fully saturated rings. The number of hydrogen-bond donors (Lipinski definition) is 3. The summed E-state index contributed by atoms with van der Waals surface area (Å²) in [5.41, 5.74) is 2.94. The van der Waals surface area contributed by atoms with Crippen molar-refractivity contribution in [2.24, 2.45) is 5.41 Å². The van der Waals surface area contributed by atoms with Crippen molar-refractivity contribution < 1.29 is 24.2 Å². The van der Waals surface area contributed by atoms with E-state index in [1.54, 1.807) is 13.8 Å². The quantitative estimate of drug-likeness (QED) is 0.562. The molecule has 0 bridgehead atoms. The zero-order valence-electron chi connectivity index (χ0n) is 19.0. The molecule has 1 saturated carbocycles. The molecule has 33 heavy (non-hydrogen) atoms. The molecule has 2 aliphatic rings. The lowest BCUT2D eigenvalue weighted by atomic mass is 9.66. The molecule has 0 unspecified atom stereocenters. The Balaban J connectivity index is 1.34. The van der Waals surface area contributed by atoms with Crippen LogP contribution in [0.4, 0.5) is 4.79 Å². The van der Waals surface area contributed by atoms with E-state index in [0.29, 0.717) is 0 Å². The number of nitrogens with one attached hydrogen (secondary N) is 2. The maximum absolute atomic E-state index is 12.7. The number of ether oxygens (including phenoxy) is 1. The van der Waals surface area contributed by atoms with E-state index in [0.717, 1.165) is 41.5 Å². The summed E-state index contributed by atoms with van der Waals surface area (Å²) < 4.78 is 5.55. The highest BCUT2D eigenvalue weighted by Crippen LogP contribution is 2.45. The van der Waals surface area contributed by atoms with Crippen molar-refractivity contribution >= 4 is 18.0 Å². The molecule has 7 heteroatoms. The van der Waals surface area contributed by atoms with E-state index in [4.69, 9.17) is 9.84 Å². The maximum atomic E-state index is 12.7. The number of aliphatic carboxylic acids is 1. The van der Waals surface area contributed by atoms with Crippen LogP contribution < -0.4 is 10.6 Å². The molecular formula is C26H30N2O5. The topological polar surface area (TPSA) is 105 Å². The minimum absolute atomic E-state index is 0.0352. The number of fused-ring (bicyclic) bond motifs is 3. The molecule has 2 aliphatic carbocycles. The number of hydrogen-bond acceptors (Lipinski definition) is 4. The van der Waals surface area contributed by atoms with Crippen LogP contribution in [0.15, 0.2) is 48.5 Å². The fourth-order valence-corrected chi connectivity index (χ4v) is 4.85. The third kappa shape index (κ3) is 4.72. The van der Waals surface area contributed by atoms with Gasteiger partial charge in [-0.05, 0) is 54.4 Å². The Morgan fingerprint density at radius 1 is 1.03 bits per heavy atom. The molecule has 0 spiro atoms. The Morgan fingerprint density at radius 3 is 2.12 bits per heavy atom. The van der Waals surface area contributed by atoms with E-state index in [-0.39, 0.29) is 36.8 Å². The van der Waals surface area contributed by atoms with Crippen molar-refractivity contribution in [2.75, 3.05) is 13.2 Å². The second kappa shape index (κ2) is 8.89. The molecule has 7 nitrogen and oxygen atoms in total. The van der Waals surface area contributed by atoms with Crippen LogP contribution >= 0.6 is 0 Å². The van der Waals surface area contributed by atoms with Crippen molar-refractivity contribution in [3.05, 3.63) is 59.7 Å². The molecule has 0 aliphatic heterocycles. The number of alkyl carbamates (subject to hydrolysis) is 1. The normalized spacial score (nSPS) is 16.2. The van der Waals surface area contributed by atoms with Gasteiger partial charge in [-0.1, -0.05) is 55.0 Å².